The third-order valence-electron chi connectivity index (χ3n) is 3.49. The maximum absolute atomic E-state index is 12.3. The van der Waals surface area contributed by atoms with Crippen molar-refractivity contribution >= 4 is 5.78 Å². The van der Waals surface area contributed by atoms with Gasteiger partial charge in [-0.3, -0.25) is 9.69 Å². The van der Waals surface area contributed by atoms with E-state index in [1.54, 1.807) is 0 Å². The fourth-order valence-corrected chi connectivity index (χ4v) is 1.67. The molecule has 0 amide bonds. The van der Waals surface area contributed by atoms with Crippen LogP contribution in [0.1, 0.15) is 35.3 Å². The van der Waals surface area contributed by atoms with E-state index in [2.05, 4.69) is 0 Å². The minimum atomic E-state index is -0.382. The number of likely N-dealkylation sites (N-methyl/N-ethyl adjacent to an activating group) is 1. The fourth-order valence-electron chi connectivity index (χ4n) is 1.67. The molecule has 1 N–H and O–H groups in total. The Morgan fingerprint density at radius 2 is 1.94 bits per heavy atom. The highest BCUT2D eigenvalue weighted by atomic mass is 16.3. The quantitative estimate of drug-likeness (QED) is 0.813. The van der Waals surface area contributed by atoms with Gasteiger partial charge in [0.05, 0.1) is 13.2 Å². The summed E-state index contributed by atoms with van der Waals surface area (Å²) in [6.45, 7) is 8.12. The third kappa shape index (κ3) is 3.40. The molecule has 0 aliphatic carbocycles. The van der Waals surface area contributed by atoms with Crippen molar-refractivity contribution in [3.05, 3.63) is 34.9 Å². The Morgan fingerprint density at radius 3 is 2.50 bits per heavy atom. The van der Waals surface area contributed by atoms with E-state index < -0.39 is 0 Å². The summed E-state index contributed by atoms with van der Waals surface area (Å²) in [6, 6.07) is 5.91. The molecule has 0 saturated heterocycles. The molecule has 0 aliphatic heterocycles. The van der Waals surface area contributed by atoms with Gasteiger partial charge in [0.2, 0.25) is 0 Å². The number of ketones is 1. The van der Waals surface area contributed by atoms with Gasteiger partial charge in [0.25, 0.3) is 0 Å². The Hall–Kier alpha value is -1.19. The number of Topliss-reactive ketones (excluding diaryl/α,β-unsaturated/α-hetero) is 1. The summed E-state index contributed by atoms with van der Waals surface area (Å²) in [6.07, 6.45) is 0. The molecular weight excluding hydrogens is 226 g/mol. The topological polar surface area (TPSA) is 40.5 Å². The van der Waals surface area contributed by atoms with Gasteiger partial charge in [-0.05, 0) is 46.4 Å². The largest absolute Gasteiger partial charge is 0.394 e. The fraction of sp³-hybridized carbons (Fsp3) is 0.533. The Labute approximate surface area is 109 Å². The first-order valence-electron chi connectivity index (χ1n) is 6.20. The first kappa shape index (κ1) is 14.9. The van der Waals surface area contributed by atoms with E-state index in [0.29, 0.717) is 6.54 Å². The average molecular weight is 249 g/mol. The Bertz CT molecular complexity index is 438. The number of aliphatic hydroxyl groups excluding tert-OH is 1. The number of carbonyl (C=O) groups is 1. The summed E-state index contributed by atoms with van der Waals surface area (Å²) in [5.74, 6) is 0.0974. The van der Waals surface area contributed by atoms with E-state index in [4.69, 9.17) is 0 Å². The van der Waals surface area contributed by atoms with Gasteiger partial charge in [-0.2, -0.15) is 0 Å². The molecule has 0 atom stereocenters. The van der Waals surface area contributed by atoms with E-state index in [-0.39, 0.29) is 17.9 Å². The van der Waals surface area contributed by atoms with Crippen molar-refractivity contribution in [1.29, 1.82) is 0 Å². The maximum Gasteiger partial charge on any atom is 0.177 e. The molecule has 18 heavy (non-hydrogen) atoms. The standard InChI is InChI=1S/C15H23NO2/c1-11-6-7-12(2)13(8-11)14(18)9-16(5)15(3,4)10-17/h6-8,17H,9-10H2,1-5H3. The van der Waals surface area contributed by atoms with Crippen LogP contribution in [0.2, 0.25) is 0 Å². The van der Waals surface area contributed by atoms with Gasteiger partial charge < -0.3 is 5.11 Å². The van der Waals surface area contributed by atoms with Crippen molar-refractivity contribution in [2.75, 3.05) is 20.2 Å². The van der Waals surface area contributed by atoms with Crippen molar-refractivity contribution in [3.63, 3.8) is 0 Å². The van der Waals surface area contributed by atoms with Crippen LogP contribution in [0.3, 0.4) is 0 Å². The molecule has 0 fully saturated rings. The van der Waals surface area contributed by atoms with Gasteiger partial charge >= 0.3 is 0 Å². The number of hydrogen-bond acceptors (Lipinski definition) is 3. The number of carbonyl (C=O) groups excluding carboxylic acids is 1. The van der Waals surface area contributed by atoms with Crippen molar-refractivity contribution in [2.45, 2.75) is 33.2 Å². The molecular formula is C15H23NO2. The summed E-state index contributed by atoms with van der Waals surface area (Å²) in [7, 11) is 1.86. The van der Waals surface area contributed by atoms with Crippen LogP contribution in [-0.2, 0) is 0 Å². The molecule has 0 unspecified atom stereocenters. The predicted molar refractivity (Wildman–Crippen MR) is 74.0 cm³/mol. The van der Waals surface area contributed by atoms with Crippen LogP contribution in [0, 0.1) is 13.8 Å². The lowest BCUT2D eigenvalue weighted by Crippen LogP contribution is -2.46. The maximum atomic E-state index is 12.3. The molecule has 0 saturated carbocycles. The molecule has 3 nitrogen and oxygen atoms in total. The second-order valence-electron chi connectivity index (χ2n) is 5.57. The lowest BCUT2D eigenvalue weighted by Gasteiger charge is -2.33. The normalized spacial score (nSPS) is 11.9. The molecule has 0 spiro atoms. The lowest BCUT2D eigenvalue weighted by atomic mass is 9.99. The minimum absolute atomic E-state index is 0.0313. The smallest absolute Gasteiger partial charge is 0.177 e. The van der Waals surface area contributed by atoms with Crippen LogP contribution in [0.5, 0.6) is 0 Å². The van der Waals surface area contributed by atoms with E-state index in [1.807, 2.05) is 57.8 Å². The zero-order chi connectivity index (χ0) is 13.9. The molecule has 0 heterocycles. The molecule has 0 bridgehead atoms. The molecule has 1 aromatic carbocycles. The van der Waals surface area contributed by atoms with Crippen molar-refractivity contribution in [2.24, 2.45) is 0 Å². The number of benzene rings is 1. The van der Waals surface area contributed by atoms with E-state index >= 15 is 0 Å². The predicted octanol–water partition coefficient (Wildman–Crippen LogP) is 2.19. The Kier molecular flexibility index (Phi) is 4.65. The van der Waals surface area contributed by atoms with Crippen LogP contribution in [-0.4, -0.2) is 41.5 Å². The lowest BCUT2D eigenvalue weighted by molar-refractivity contribution is 0.0659. The summed E-state index contributed by atoms with van der Waals surface area (Å²) in [5.41, 5.74) is 2.48. The van der Waals surface area contributed by atoms with Crippen LogP contribution >= 0.6 is 0 Å². The summed E-state index contributed by atoms with van der Waals surface area (Å²) in [4.78, 5) is 14.2. The number of rotatable bonds is 5. The van der Waals surface area contributed by atoms with Crippen molar-refractivity contribution < 1.29 is 9.90 Å². The number of aliphatic hydroxyl groups is 1. The van der Waals surface area contributed by atoms with E-state index in [9.17, 15) is 9.90 Å². The van der Waals surface area contributed by atoms with Gasteiger partial charge in [-0.15, -0.1) is 0 Å². The van der Waals surface area contributed by atoms with Gasteiger partial charge in [0.15, 0.2) is 5.78 Å². The average Bonchev–Trinajstić information content (AvgIpc) is 2.31. The first-order chi connectivity index (χ1) is 8.27. The van der Waals surface area contributed by atoms with Crippen LogP contribution in [0.4, 0.5) is 0 Å². The number of nitrogens with zero attached hydrogens (tertiary/aromatic N) is 1. The third-order valence-corrected chi connectivity index (χ3v) is 3.49. The molecule has 0 radical (unpaired) electrons. The van der Waals surface area contributed by atoms with E-state index in [1.165, 1.54) is 0 Å². The second kappa shape index (κ2) is 5.63. The molecule has 0 aromatic heterocycles. The van der Waals surface area contributed by atoms with Crippen LogP contribution < -0.4 is 0 Å². The molecule has 1 rings (SSSR count). The van der Waals surface area contributed by atoms with Gasteiger partial charge in [0, 0.05) is 11.1 Å². The Morgan fingerprint density at radius 1 is 1.33 bits per heavy atom. The van der Waals surface area contributed by atoms with Crippen molar-refractivity contribution in [3.8, 4) is 0 Å². The minimum Gasteiger partial charge on any atom is -0.394 e. The van der Waals surface area contributed by atoms with Crippen molar-refractivity contribution in [1.82, 2.24) is 4.90 Å². The zero-order valence-electron chi connectivity index (χ0n) is 11.9. The van der Waals surface area contributed by atoms with Crippen LogP contribution in [0.25, 0.3) is 0 Å². The Balaban J connectivity index is 2.86. The van der Waals surface area contributed by atoms with Crippen LogP contribution in [0.15, 0.2) is 18.2 Å². The first-order valence-corrected chi connectivity index (χ1v) is 6.20. The highest BCUT2D eigenvalue weighted by molar-refractivity contribution is 5.99. The van der Waals surface area contributed by atoms with Gasteiger partial charge in [-0.25, -0.2) is 0 Å². The SMILES string of the molecule is Cc1ccc(C)c(C(=O)CN(C)C(C)(C)CO)c1. The summed E-state index contributed by atoms with van der Waals surface area (Å²) >= 11 is 0. The highest BCUT2D eigenvalue weighted by Crippen LogP contribution is 2.15. The molecule has 100 valence electrons. The molecule has 1 aromatic rings. The molecule has 3 heteroatoms. The van der Waals surface area contributed by atoms with E-state index in [0.717, 1.165) is 16.7 Å². The summed E-state index contributed by atoms with van der Waals surface area (Å²) < 4.78 is 0. The second-order valence-corrected chi connectivity index (χ2v) is 5.57. The highest BCUT2D eigenvalue weighted by Gasteiger charge is 2.24. The number of aryl methyl sites for hydroxylation is 2. The van der Waals surface area contributed by atoms with Gasteiger partial charge in [-0.1, -0.05) is 17.7 Å². The monoisotopic (exact) mass is 249 g/mol. The zero-order valence-corrected chi connectivity index (χ0v) is 11.9. The summed E-state index contributed by atoms with van der Waals surface area (Å²) in [5, 5.41) is 9.29. The van der Waals surface area contributed by atoms with Gasteiger partial charge in [0.1, 0.15) is 0 Å². The number of hydrogen-bond donors (Lipinski definition) is 1. The molecule has 0 aliphatic rings.